The molecule has 50 valence electrons. The molecular weight excluding hydrogens is 182 g/mol. The number of fused-ring (bicyclic) bond motifs is 2. The summed E-state index contributed by atoms with van der Waals surface area (Å²) in [5.74, 6) is 0.517. The second-order valence-electron chi connectivity index (χ2n) is 2.74. The van der Waals surface area contributed by atoms with Gasteiger partial charge >= 0.3 is 0 Å². The van der Waals surface area contributed by atoms with Gasteiger partial charge in [-0.15, -0.1) is 0 Å². The van der Waals surface area contributed by atoms with E-state index in [-0.39, 0.29) is 11.8 Å². The van der Waals surface area contributed by atoms with Crippen LogP contribution in [-0.4, -0.2) is 16.8 Å². The van der Waals surface area contributed by atoms with Crippen LogP contribution in [-0.2, 0) is 4.79 Å². The molecule has 2 nitrogen and oxygen atoms in total. The topological polar surface area (TPSA) is 29.1 Å². The summed E-state index contributed by atoms with van der Waals surface area (Å²) in [4.78, 5) is 11.3. The first-order chi connectivity index (χ1) is 4.29. The lowest BCUT2D eigenvalue weighted by Gasteiger charge is -2.08. The smallest absolute Gasteiger partial charge is 0.224 e. The van der Waals surface area contributed by atoms with Gasteiger partial charge in [-0.25, -0.2) is 0 Å². The van der Waals surface area contributed by atoms with Crippen molar-refractivity contribution >= 4 is 21.8 Å². The minimum atomic E-state index is 0.244. The largest absolute Gasteiger partial charge is 0.352 e. The first-order valence-corrected chi connectivity index (χ1v) is 4.15. The van der Waals surface area contributed by atoms with Gasteiger partial charge < -0.3 is 5.32 Å². The van der Waals surface area contributed by atoms with Gasteiger partial charge in [-0.3, -0.25) is 4.79 Å². The number of piperidine rings is 1. The first kappa shape index (κ1) is 5.71. The van der Waals surface area contributed by atoms with Gasteiger partial charge in [0.05, 0.1) is 5.92 Å². The minimum Gasteiger partial charge on any atom is -0.352 e. The molecule has 0 unspecified atom stereocenters. The van der Waals surface area contributed by atoms with Gasteiger partial charge in [0.15, 0.2) is 0 Å². The first-order valence-electron chi connectivity index (χ1n) is 3.23. The summed E-state index contributed by atoms with van der Waals surface area (Å²) in [7, 11) is 0. The van der Waals surface area contributed by atoms with Crippen LogP contribution in [0.25, 0.3) is 0 Å². The Hall–Kier alpha value is -0.0500. The van der Waals surface area contributed by atoms with Crippen LogP contribution in [0.3, 0.4) is 0 Å². The van der Waals surface area contributed by atoms with Crippen molar-refractivity contribution in [3.63, 3.8) is 0 Å². The molecule has 1 aliphatic carbocycles. The second kappa shape index (κ2) is 1.72. The molecule has 3 atom stereocenters. The van der Waals surface area contributed by atoms with Crippen molar-refractivity contribution in [2.24, 2.45) is 5.92 Å². The molecule has 0 spiro atoms. The Morgan fingerprint density at radius 2 is 2.33 bits per heavy atom. The summed E-state index contributed by atoms with van der Waals surface area (Å²) in [6.45, 7) is 0. The van der Waals surface area contributed by atoms with E-state index in [1.807, 2.05) is 0 Å². The van der Waals surface area contributed by atoms with Crippen LogP contribution in [0.15, 0.2) is 0 Å². The van der Waals surface area contributed by atoms with Crippen LogP contribution in [0.5, 0.6) is 0 Å². The Balaban J connectivity index is 2.26. The molecule has 0 aromatic rings. The fraction of sp³-hybridized carbons (Fsp3) is 0.833. The Kier molecular flexibility index (Phi) is 1.09. The average molecular weight is 190 g/mol. The zero-order chi connectivity index (χ0) is 6.43. The fourth-order valence-corrected chi connectivity index (χ4v) is 2.58. The normalized spacial score (nSPS) is 47.7. The van der Waals surface area contributed by atoms with Crippen LogP contribution < -0.4 is 5.32 Å². The predicted molar refractivity (Wildman–Crippen MR) is 37.4 cm³/mol. The van der Waals surface area contributed by atoms with Gasteiger partial charge in [0, 0.05) is 10.9 Å². The Bertz CT molecular complexity index is 159. The van der Waals surface area contributed by atoms with Gasteiger partial charge in [-0.05, 0) is 12.8 Å². The van der Waals surface area contributed by atoms with Crippen molar-refractivity contribution < 1.29 is 4.79 Å². The zero-order valence-electron chi connectivity index (χ0n) is 4.93. The molecule has 1 amide bonds. The standard InChI is InChI=1S/C6H8BrNO/c7-5-3-1-2-4(5)8-6(3)9/h3-5H,1-2H2,(H,8,9)/t3-,4-,5+/m0/s1. The third-order valence-electron chi connectivity index (χ3n) is 2.22. The van der Waals surface area contributed by atoms with Gasteiger partial charge in [0.2, 0.25) is 5.91 Å². The molecule has 1 saturated carbocycles. The summed E-state index contributed by atoms with van der Waals surface area (Å²) in [6.07, 6.45) is 2.23. The van der Waals surface area contributed by atoms with E-state index in [0.717, 1.165) is 12.8 Å². The van der Waals surface area contributed by atoms with Crippen molar-refractivity contribution in [1.82, 2.24) is 5.32 Å². The molecule has 2 bridgehead atoms. The fourth-order valence-electron chi connectivity index (χ4n) is 1.68. The maximum absolute atomic E-state index is 10.9. The van der Waals surface area contributed by atoms with E-state index >= 15 is 0 Å². The molecule has 1 heterocycles. The molecule has 1 aliphatic heterocycles. The van der Waals surface area contributed by atoms with E-state index in [4.69, 9.17) is 0 Å². The number of alkyl halides is 1. The SMILES string of the molecule is O=C1N[C@H]2CC[C@H]1[C@H]2Br. The third-order valence-corrected chi connectivity index (χ3v) is 3.50. The molecule has 2 rings (SSSR count). The lowest BCUT2D eigenvalue weighted by atomic mass is 10.1. The Morgan fingerprint density at radius 3 is 2.56 bits per heavy atom. The highest BCUT2D eigenvalue weighted by atomic mass is 79.9. The molecule has 3 heteroatoms. The summed E-state index contributed by atoms with van der Waals surface area (Å²) < 4.78 is 0. The number of hydrogen-bond donors (Lipinski definition) is 1. The highest BCUT2D eigenvalue weighted by Crippen LogP contribution is 2.36. The lowest BCUT2D eigenvalue weighted by Crippen LogP contribution is -2.30. The molecule has 0 aromatic carbocycles. The quantitative estimate of drug-likeness (QED) is 0.558. The van der Waals surface area contributed by atoms with Gasteiger partial charge in [0.25, 0.3) is 0 Å². The van der Waals surface area contributed by atoms with Gasteiger partial charge in [-0.1, -0.05) is 15.9 Å². The number of carbonyl (C=O) groups excluding carboxylic acids is 1. The molecule has 0 radical (unpaired) electrons. The van der Waals surface area contributed by atoms with Crippen molar-refractivity contribution in [3.05, 3.63) is 0 Å². The molecule has 1 N–H and O–H groups in total. The number of hydrogen-bond acceptors (Lipinski definition) is 1. The van der Waals surface area contributed by atoms with E-state index in [1.54, 1.807) is 0 Å². The molecule has 2 fully saturated rings. The second-order valence-corrected chi connectivity index (χ2v) is 3.80. The highest BCUT2D eigenvalue weighted by Gasteiger charge is 2.45. The van der Waals surface area contributed by atoms with Gasteiger partial charge in [-0.2, -0.15) is 0 Å². The molecule has 0 aromatic heterocycles. The van der Waals surface area contributed by atoms with E-state index in [0.29, 0.717) is 10.9 Å². The average Bonchev–Trinajstić information content (AvgIpc) is 2.25. The molecular formula is C6H8BrNO. The molecule has 2 aliphatic rings. The van der Waals surface area contributed by atoms with Crippen molar-refractivity contribution in [3.8, 4) is 0 Å². The zero-order valence-corrected chi connectivity index (χ0v) is 6.52. The van der Waals surface area contributed by atoms with Crippen LogP contribution in [0, 0.1) is 5.92 Å². The van der Waals surface area contributed by atoms with Crippen molar-refractivity contribution in [1.29, 1.82) is 0 Å². The van der Waals surface area contributed by atoms with E-state index < -0.39 is 0 Å². The molecule has 9 heavy (non-hydrogen) atoms. The van der Waals surface area contributed by atoms with E-state index in [1.165, 1.54) is 0 Å². The van der Waals surface area contributed by atoms with Gasteiger partial charge in [0.1, 0.15) is 0 Å². The summed E-state index contributed by atoms with van der Waals surface area (Å²) in [6, 6.07) is 0.433. The van der Waals surface area contributed by atoms with Crippen molar-refractivity contribution in [2.75, 3.05) is 0 Å². The van der Waals surface area contributed by atoms with Crippen LogP contribution >= 0.6 is 15.9 Å². The summed E-state index contributed by atoms with van der Waals surface area (Å²) in [5, 5.41) is 2.92. The maximum Gasteiger partial charge on any atom is 0.224 e. The lowest BCUT2D eigenvalue weighted by molar-refractivity contribution is -0.123. The summed E-state index contributed by atoms with van der Waals surface area (Å²) >= 11 is 3.49. The number of rotatable bonds is 0. The minimum absolute atomic E-state index is 0.244. The summed E-state index contributed by atoms with van der Waals surface area (Å²) in [5.41, 5.74) is 0. The highest BCUT2D eigenvalue weighted by molar-refractivity contribution is 9.09. The number of carbonyl (C=O) groups is 1. The third kappa shape index (κ3) is 0.641. The number of halogens is 1. The number of nitrogens with one attached hydrogen (secondary N) is 1. The maximum atomic E-state index is 10.9. The van der Waals surface area contributed by atoms with E-state index in [9.17, 15) is 4.79 Å². The monoisotopic (exact) mass is 189 g/mol. The van der Waals surface area contributed by atoms with Crippen LogP contribution in [0.4, 0.5) is 0 Å². The van der Waals surface area contributed by atoms with Crippen LogP contribution in [0.1, 0.15) is 12.8 Å². The predicted octanol–water partition coefficient (Wildman–Crippen LogP) is 0.658. The Labute approximate surface area is 62.1 Å². The molecule has 1 saturated heterocycles. The van der Waals surface area contributed by atoms with E-state index in [2.05, 4.69) is 21.2 Å². The number of amides is 1. The van der Waals surface area contributed by atoms with Crippen LogP contribution in [0.2, 0.25) is 0 Å². The Morgan fingerprint density at radius 1 is 1.56 bits per heavy atom. The van der Waals surface area contributed by atoms with Crippen molar-refractivity contribution in [2.45, 2.75) is 23.7 Å².